The van der Waals surface area contributed by atoms with Crippen LogP contribution < -0.4 is 5.73 Å². The van der Waals surface area contributed by atoms with E-state index in [2.05, 4.69) is 0 Å². The summed E-state index contributed by atoms with van der Waals surface area (Å²) in [7, 11) is -3.52. The second-order valence-corrected chi connectivity index (χ2v) is 8.43. The van der Waals surface area contributed by atoms with Crippen LogP contribution in [0.15, 0.2) is 17.0 Å². The van der Waals surface area contributed by atoms with Gasteiger partial charge in [0.25, 0.3) is 0 Å². The standard InChI is InChI=1S/C15H21ClN2O2S/c1-10-13(17)8-12(16)9-15(10)21(19,20)18-7-3-5-11-4-2-6-14(11)18/h8-9,11,14H,2-7,17H2,1H3. The van der Waals surface area contributed by atoms with Crippen LogP contribution >= 0.6 is 11.6 Å². The van der Waals surface area contributed by atoms with Gasteiger partial charge in [-0.3, -0.25) is 0 Å². The summed E-state index contributed by atoms with van der Waals surface area (Å²) in [4.78, 5) is 0.264. The molecule has 0 aromatic heterocycles. The van der Waals surface area contributed by atoms with Gasteiger partial charge < -0.3 is 5.73 Å². The Morgan fingerprint density at radius 2 is 1.95 bits per heavy atom. The minimum Gasteiger partial charge on any atom is -0.398 e. The van der Waals surface area contributed by atoms with Gasteiger partial charge in [0, 0.05) is 23.3 Å². The maximum Gasteiger partial charge on any atom is 0.243 e. The van der Waals surface area contributed by atoms with E-state index < -0.39 is 10.0 Å². The number of fused-ring (bicyclic) bond motifs is 1. The lowest BCUT2D eigenvalue weighted by molar-refractivity contribution is 0.202. The van der Waals surface area contributed by atoms with Gasteiger partial charge in [-0.25, -0.2) is 8.42 Å². The van der Waals surface area contributed by atoms with Gasteiger partial charge in [-0.15, -0.1) is 0 Å². The Kier molecular flexibility index (Phi) is 3.93. The molecule has 4 nitrogen and oxygen atoms in total. The molecule has 1 saturated heterocycles. The fraction of sp³-hybridized carbons (Fsp3) is 0.600. The maximum absolute atomic E-state index is 13.1. The molecule has 2 atom stereocenters. The number of nitrogens with zero attached hydrogens (tertiary/aromatic N) is 1. The van der Waals surface area contributed by atoms with Crippen molar-refractivity contribution in [3.63, 3.8) is 0 Å². The van der Waals surface area contributed by atoms with Crippen molar-refractivity contribution in [3.05, 3.63) is 22.7 Å². The van der Waals surface area contributed by atoms with Crippen LogP contribution in [-0.4, -0.2) is 25.3 Å². The predicted molar refractivity (Wildman–Crippen MR) is 84.9 cm³/mol. The number of nitrogen functional groups attached to an aromatic ring is 1. The molecule has 1 heterocycles. The van der Waals surface area contributed by atoms with Crippen molar-refractivity contribution in [1.82, 2.24) is 4.31 Å². The monoisotopic (exact) mass is 328 g/mol. The van der Waals surface area contributed by atoms with Gasteiger partial charge in [-0.2, -0.15) is 4.31 Å². The van der Waals surface area contributed by atoms with Gasteiger partial charge in [-0.1, -0.05) is 18.0 Å². The average Bonchev–Trinajstić information content (AvgIpc) is 2.90. The molecule has 1 saturated carbocycles. The van der Waals surface area contributed by atoms with Crippen LogP contribution in [0, 0.1) is 12.8 Å². The fourth-order valence-electron chi connectivity index (χ4n) is 3.78. The molecule has 0 spiro atoms. The Balaban J connectivity index is 2.04. The van der Waals surface area contributed by atoms with Crippen LogP contribution in [0.3, 0.4) is 0 Å². The molecule has 0 radical (unpaired) electrons. The molecule has 0 amide bonds. The third-order valence-electron chi connectivity index (χ3n) is 4.89. The zero-order valence-corrected chi connectivity index (χ0v) is 13.8. The third-order valence-corrected chi connectivity index (χ3v) is 7.16. The molecule has 6 heteroatoms. The number of piperidine rings is 1. The van der Waals surface area contributed by atoms with Crippen LogP contribution in [0.25, 0.3) is 0 Å². The van der Waals surface area contributed by atoms with E-state index >= 15 is 0 Å². The van der Waals surface area contributed by atoms with Crippen LogP contribution in [0.4, 0.5) is 5.69 Å². The number of benzene rings is 1. The summed E-state index contributed by atoms with van der Waals surface area (Å²) in [5.41, 5.74) is 6.92. The minimum atomic E-state index is -3.52. The Hall–Kier alpha value is -0.780. The van der Waals surface area contributed by atoms with Crippen molar-refractivity contribution in [2.24, 2.45) is 5.92 Å². The number of anilines is 1. The number of sulfonamides is 1. The Labute approximate surface area is 131 Å². The van der Waals surface area contributed by atoms with E-state index in [9.17, 15) is 8.42 Å². The quantitative estimate of drug-likeness (QED) is 0.848. The molecule has 2 unspecified atom stereocenters. The Bertz CT molecular complexity index is 660. The molecular weight excluding hydrogens is 308 g/mol. The molecule has 2 fully saturated rings. The number of hydrogen-bond acceptors (Lipinski definition) is 3. The summed E-state index contributed by atoms with van der Waals surface area (Å²) >= 11 is 6.02. The first kappa shape index (κ1) is 15.1. The van der Waals surface area contributed by atoms with Gasteiger partial charge in [0.2, 0.25) is 10.0 Å². The maximum atomic E-state index is 13.1. The second kappa shape index (κ2) is 5.45. The summed E-state index contributed by atoms with van der Waals surface area (Å²) in [5, 5.41) is 0.372. The first-order valence-corrected chi connectivity index (χ1v) is 9.30. The summed E-state index contributed by atoms with van der Waals surface area (Å²) in [6.45, 7) is 2.35. The predicted octanol–water partition coefficient (Wildman–Crippen LogP) is 3.18. The zero-order valence-electron chi connectivity index (χ0n) is 12.2. The largest absolute Gasteiger partial charge is 0.398 e. The molecule has 1 aromatic carbocycles. The van der Waals surface area contributed by atoms with Crippen LogP contribution in [0.1, 0.15) is 37.7 Å². The molecule has 116 valence electrons. The normalized spacial score (nSPS) is 26.8. The van der Waals surface area contributed by atoms with Gasteiger partial charge in [0.05, 0.1) is 4.90 Å². The van der Waals surface area contributed by atoms with Crippen molar-refractivity contribution in [1.29, 1.82) is 0 Å². The van der Waals surface area contributed by atoms with Gasteiger partial charge in [0.1, 0.15) is 0 Å². The van der Waals surface area contributed by atoms with E-state index in [0.717, 1.165) is 32.1 Å². The highest BCUT2D eigenvalue weighted by atomic mass is 35.5. The summed E-state index contributed by atoms with van der Waals surface area (Å²) in [6, 6.07) is 3.29. The topological polar surface area (TPSA) is 63.4 Å². The number of rotatable bonds is 2. The highest BCUT2D eigenvalue weighted by Gasteiger charge is 2.41. The molecule has 0 bridgehead atoms. The zero-order chi connectivity index (χ0) is 15.2. The molecule has 1 aliphatic carbocycles. The lowest BCUT2D eigenvalue weighted by atomic mass is 9.94. The first-order valence-electron chi connectivity index (χ1n) is 7.48. The molecule has 21 heavy (non-hydrogen) atoms. The summed E-state index contributed by atoms with van der Waals surface area (Å²) < 4.78 is 27.8. The minimum absolute atomic E-state index is 0.156. The highest BCUT2D eigenvalue weighted by molar-refractivity contribution is 7.89. The van der Waals surface area contributed by atoms with Gasteiger partial charge >= 0.3 is 0 Å². The molecule has 2 N–H and O–H groups in total. The smallest absolute Gasteiger partial charge is 0.243 e. The van der Waals surface area contributed by atoms with Crippen LogP contribution in [-0.2, 0) is 10.0 Å². The van der Waals surface area contributed by atoms with Crippen molar-refractivity contribution in [3.8, 4) is 0 Å². The van der Waals surface area contributed by atoms with E-state index in [1.54, 1.807) is 17.3 Å². The fourth-order valence-corrected chi connectivity index (χ4v) is 6.10. The average molecular weight is 329 g/mol. The molecule has 3 rings (SSSR count). The number of nitrogens with two attached hydrogens (primary N) is 1. The number of hydrogen-bond donors (Lipinski definition) is 1. The highest BCUT2D eigenvalue weighted by Crippen LogP contribution is 2.40. The van der Waals surface area contributed by atoms with E-state index in [1.165, 1.54) is 6.07 Å². The van der Waals surface area contributed by atoms with Crippen molar-refractivity contribution < 1.29 is 8.42 Å². The third kappa shape index (κ3) is 2.56. The van der Waals surface area contributed by atoms with E-state index in [4.69, 9.17) is 17.3 Å². The summed E-state index contributed by atoms with van der Waals surface area (Å²) in [5.74, 6) is 0.519. The summed E-state index contributed by atoms with van der Waals surface area (Å²) in [6.07, 6.45) is 5.33. The lowest BCUT2D eigenvalue weighted by Gasteiger charge is -2.37. The second-order valence-electron chi connectivity index (χ2n) is 6.13. The molecular formula is C15H21ClN2O2S. The van der Waals surface area contributed by atoms with E-state index in [0.29, 0.717) is 28.7 Å². The van der Waals surface area contributed by atoms with Crippen LogP contribution in [0.2, 0.25) is 5.02 Å². The molecule has 1 aromatic rings. The van der Waals surface area contributed by atoms with Crippen molar-refractivity contribution in [2.75, 3.05) is 12.3 Å². The number of halogens is 1. The van der Waals surface area contributed by atoms with Gasteiger partial charge in [0.15, 0.2) is 0 Å². The SMILES string of the molecule is Cc1c(N)cc(Cl)cc1S(=O)(=O)N1CCCC2CCCC21. The van der Waals surface area contributed by atoms with E-state index in [-0.39, 0.29) is 10.9 Å². The first-order chi connectivity index (χ1) is 9.91. The Morgan fingerprint density at radius 3 is 2.71 bits per heavy atom. The van der Waals surface area contributed by atoms with E-state index in [1.807, 2.05) is 0 Å². The van der Waals surface area contributed by atoms with Gasteiger partial charge in [-0.05, 0) is 56.2 Å². The lowest BCUT2D eigenvalue weighted by Crippen LogP contribution is -2.46. The molecule has 2 aliphatic rings. The van der Waals surface area contributed by atoms with Crippen molar-refractivity contribution >= 4 is 27.3 Å². The Morgan fingerprint density at radius 1 is 1.24 bits per heavy atom. The molecule has 1 aliphatic heterocycles. The van der Waals surface area contributed by atoms with Crippen LogP contribution in [0.5, 0.6) is 0 Å². The van der Waals surface area contributed by atoms with Crippen molar-refractivity contribution in [2.45, 2.75) is 50.0 Å².